The summed E-state index contributed by atoms with van der Waals surface area (Å²) in [5.41, 5.74) is 0.0702. The van der Waals surface area contributed by atoms with Gasteiger partial charge < -0.3 is 9.64 Å². The second-order valence-corrected chi connectivity index (χ2v) is 8.22. The summed E-state index contributed by atoms with van der Waals surface area (Å²) in [4.78, 5) is 39.5. The molecule has 1 aromatic heterocycles. The highest BCUT2D eigenvalue weighted by Gasteiger charge is 2.50. The van der Waals surface area contributed by atoms with Gasteiger partial charge in [-0.25, -0.2) is 9.86 Å². The Morgan fingerprint density at radius 2 is 1.93 bits per heavy atom. The first-order valence-corrected chi connectivity index (χ1v) is 9.92. The molecule has 0 bridgehead atoms. The zero-order valence-electron chi connectivity index (χ0n) is 16.4. The molecule has 1 aromatic carbocycles. The van der Waals surface area contributed by atoms with Gasteiger partial charge in [0.2, 0.25) is 6.41 Å². The number of thiophene rings is 1. The Kier molecular flexibility index (Phi) is 5.90. The molecule has 3 rings (SSSR count). The number of amides is 4. The molecule has 0 aliphatic carbocycles. The van der Waals surface area contributed by atoms with Gasteiger partial charge in [0.25, 0.3) is 5.91 Å². The van der Waals surface area contributed by atoms with Gasteiger partial charge in [0.05, 0.1) is 6.54 Å². The van der Waals surface area contributed by atoms with Crippen molar-refractivity contribution in [1.82, 2.24) is 14.9 Å². The van der Waals surface area contributed by atoms with Crippen LogP contribution in [-0.4, -0.2) is 70.2 Å². The van der Waals surface area contributed by atoms with Crippen molar-refractivity contribution >= 4 is 29.7 Å². The Morgan fingerprint density at radius 1 is 1.24 bits per heavy atom. The van der Waals surface area contributed by atoms with Crippen LogP contribution in [0.4, 0.5) is 4.79 Å². The van der Waals surface area contributed by atoms with Gasteiger partial charge in [0.1, 0.15) is 23.9 Å². The van der Waals surface area contributed by atoms with Crippen LogP contribution in [0.2, 0.25) is 0 Å². The van der Waals surface area contributed by atoms with E-state index in [2.05, 4.69) is 0 Å². The first-order chi connectivity index (χ1) is 13.8. The van der Waals surface area contributed by atoms with Crippen LogP contribution in [0.3, 0.4) is 0 Å². The van der Waals surface area contributed by atoms with Crippen LogP contribution in [0.5, 0.6) is 5.75 Å². The van der Waals surface area contributed by atoms with Crippen molar-refractivity contribution in [2.75, 3.05) is 20.2 Å². The third-order valence-electron chi connectivity index (χ3n) is 5.10. The normalized spacial score (nSPS) is 16.8. The summed E-state index contributed by atoms with van der Waals surface area (Å²) >= 11 is 1.63. The third kappa shape index (κ3) is 4.10. The van der Waals surface area contributed by atoms with E-state index < -0.39 is 23.5 Å². The summed E-state index contributed by atoms with van der Waals surface area (Å²) in [6.45, 7) is 3.03. The predicted molar refractivity (Wildman–Crippen MR) is 108 cm³/mol. The van der Waals surface area contributed by atoms with Crippen molar-refractivity contribution in [3.8, 4) is 16.2 Å². The molecule has 1 aliphatic rings. The van der Waals surface area contributed by atoms with E-state index in [1.54, 1.807) is 37.3 Å². The number of carbonyl (C=O) groups excluding carboxylic acids is 3. The van der Waals surface area contributed by atoms with E-state index in [4.69, 9.17) is 4.74 Å². The van der Waals surface area contributed by atoms with Crippen molar-refractivity contribution in [3.05, 3.63) is 41.8 Å². The lowest BCUT2D eigenvalue weighted by Crippen LogP contribution is -2.48. The molecule has 9 heteroatoms. The third-order valence-corrected chi connectivity index (χ3v) is 6.02. The Hall–Kier alpha value is -2.91. The molecule has 1 saturated heterocycles. The fraction of sp³-hybridized carbons (Fsp3) is 0.350. The fourth-order valence-corrected chi connectivity index (χ4v) is 3.74. The second kappa shape index (κ2) is 8.22. The first kappa shape index (κ1) is 20.8. The van der Waals surface area contributed by atoms with Crippen LogP contribution in [0.25, 0.3) is 10.4 Å². The smallest absolute Gasteiger partial charge is 0.327 e. The van der Waals surface area contributed by atoms with Crippen molar-refractivity contribution in [3.63, 3.8) is 0 Å². The van der Waals surface area contributed by atoms with Crippen molar-refractivity contribution in [2.24, 2.45) is 0 Å². The number of benzene rings is 1. The largest absolute Gasteiger partial charge is 0.491 e. The SMILES string of the molecule is CN1C(=O)N(CC(COc2ccc(-c3cccs3)cc2)N(O)C=O)C(=O)C1(C)C. The molecule has 1 fully saturated rings. The van der Waals surface area contributed by atoms with Crippen LogP contribution in [0, 0.1) is 0 Å². The number of rotatable bonds is 8. The maximum Gasteiger partial charge on any atom is 0.327 e. The highest BCUT2D eigenvalue weighted by molar-refractivity contribution is 7.13. The van der Waals surface area contributed by atoms with Crippen LogP contribution >= 0.6 is 11.3 Å². The fourth-order valence-electron chi connectivity index (χ4n) is 3.00. The molecule has 0 spiro atoms. The average molecular weight is 417 g/mol. The molecule has 29 heavy (non-hydrogen) atoms. The molecule has 4 amide bonds. The Labute approximate surface area is 172 Å². The number of hydroxylamine groups is 2. The van der Waals surface area contributed by atoms with Crippen LogP contribution in [0.1, 0.15) is 13.8 Å². The van der Waals surface area contributed by atoms with Gasteiger partial charge >= 0.3 is 6.03 Å². The number of ether oxygens (including phenoxy) is 1. The molecule has 0 saturated carbocycles. The van der Waals surface area contributed by atoms with Gasteiger partial charge in [-0.1, -0.05) is 6.07 Å². The summed E-state index contributed by atoms with van der Waals surface area (Å²) in [7, 11) is 1.54. The predicted octanol–water partition coefficient (Wildman–Crippen LogP) is 2.68. The molecular formula is C20H23N3O5S. The summed E-state index contributed by atoms with van der Waals surface area (Å²) < 4.78 is 5.70. The number of nitrogens with zero attached hydrogens (tertiary/aromatic N) is 3. The Morgan fingerprint density at radius 3 is 2.45 bits per heavy atom. The van der Waals surface area contributed by atoms with E-state index in [9.17, 15) is 19.6 Å². The zero-order chi connectivity index (χ0) is 21.2. The van der Waals surface area contributed by atoms with E-state index in [1.807, 2.05) is 29.6 Å². The first-order valence-electron chi connectivity index (χ1n) is 9.04. The number of hydrogen-bond acceptors (Lipinski definition) is 6. The van der Waals surface area contributed by atoms with Gasteiger partial charge in [0.15, 0.2) is 0 Å². The minimum atomic E-state index is -0.985. The van der Waals surface area contributed by atoms with E-state index in [0.29, 0.717) is 10.8 Å². The molecule has 8 nitrogen and oxygen atoms in total. The van der Waals surface area contributed by atoms with Crippen LogP contribution in [0.15, 0.2) is 41.8 Å². The van der Waals surface area contributed by atoms with Gasteiger partial charge in [-0.2, -0.15) is 0 Å². The molecule has 1 atom stereocenters. The minimum absolute atomic E-state index is 0.0885. The van der Waals surface area contributed by atoms with E-state index in [-0.39, 0.29) is 19.6 Å². The quantitative estimate of drug-likeness (QED) is 0.309. The lowest BCUT2D eigenvalue weighted by molar-refractivity contribution is -0.165. The second-order valence-electron chi connectivity index (χ2n) is 7.27. The highest BCUT2D eigenvalue weighted by atomic mass is 32.1. The zero-order valence-corrected chi connectivity index (χ0v) is 17.3. The number of imide groups is 1. The summed E-state index contributed by atoms with van der Waals surface area (Å²) in [6, 6.07) is 10.0. The molecule has 1 aliphatic heterocycles. The molecule has 1 unspecified atom stereocenters. The lowest BCUT2D eigenvalue weighted by Gasteiger charge is -2.26. The molecule has 0 radical (unpaired) electrons. The molecule has 2 aromatic rings. The molecule has 154 valence electrons. The standard InChI is InChI=1S/C20H23N3O5S/c1-20(2)18(25)22(19(26)21(20)3)11-15(23(27)13-24)12-28-16-8-6-14(7-9-16)17-5-4-10-29-17/h4-10,13,15,27H,11-12H2,1-3H3. The highest BCUT2D eigenvalue weighted by Crippen LogP contribution is 2.28. The summed E-state index contributed by atoms with van der Waals surface area (Å²) in [5, 5.41) is 12.3. The summed E-state index contributed by atoms with van der Waals surface area (Å²) in [5.74, 6) is 0.153. The van der Waals surface area contributed by atoms with E-state index >= 15 is 0 Å². The van der Waals surface area contributed by atoms with E-state index in [1.165, 1.54) is 11.9 Å². The monoisotopic (exact) mass is 417 g/mol. The van der Waals surface area contributed by atoms with Gasteiger partial charge in [0, 0.05) is 11.9 Å². The maximum absolute atomic E-state index is 12.6. The van der Waals surface area contributed by atoms with Crippen LogP contribution < -0.4 is 4.74 Å². The van der Waals surface area contributed by atoms with Gasteiger partial charge in [-0.05, 0) is 55.1 Å². The molecule has 2 heterocycles. The van der Waals surface area contributed by atoms with Crippen molar-refractivity contribution in [2.45, 2.75) is 25.4 Å². The maximum atomic E-state index is 12.6. The van der Waals surface area contributed by atoms with Crippen molar-refractivity contribution in [1.29, 1.82) is 0 Å². The number of carbonyl (C=O) groups is 3. The van der Waals surface area contributed by atoms with E-state index in [0.717, 1.165) is 15.3 Å². The average Bonchev–Trinajstić information content (AvgIpc) is 3.30. The molecular weight excluding hydrogens is 394 g/mol. The Bertz CT molecular complexity index is 882. The topological polar surface area (TPSA) is 90.4 Å². The lowest BCUT2D eigenvalue weighted by atomic mass is 10.1. The molecule has 1 N–H and O–H groups in total. The van der Waals surface area contributed by atoms with Gasteiger partial charge in [-0.3, -0.25) is 19.7 Å². The van der Waals surface area contributed by atoms with Gasteiger partial charge in [-0.15, -0.1) is 11.3 Å². The number of hydrogen-bond donors (Lipinski definition) is 1. The minimum Gasteiger partial charge on any atom is -0.491 e. The van der Waals surface area contributed by atoms with Crippen LogP contribution in [-0.2, 0) is 9.59 Å². The summed E-state index contributed by atoms with van der Waals surface area (Å²) in [6.07, 6.45) is 0.230. The Balaban J connectivity index is 1.68. The number of likely N-dealkylation sites (N-methyl/N-ethyl adjacent to an activating group) is 1. The van der Waals surface area contributed by atoms with Crippen molar-refractivity contribution < 1.29 is 24.3 Å². The number of urea groups is 1.